The third-order valence-electron chi connectivity index (χ3n) is 1.76. The summed E-state index contributed by atoms with van der Waals surface area (Å²) in [6.45, 7) is 1.95. The Balaban J connectivity index is 4.42. The van der Waals surface area contributed by atoms with Crippen molar-refractivity contribution in [2.24, 2.45) is 0 Å². The maximum absolute atomic E-state index is 5.13. The molecule has 0 bridgehead atoms. The van der Waals surface area contributed by atoms with Crippen molar-refractivity contribution < 1.29 is 18.6 Å². The van der Waals surface area contributed by atoms with Crippen molar-refractivity contribution in [3.05, 3.63) is 0 Å². The zero-order chi connectivity index (χ0) is 9.61. The van der Waals surface area contributed by atoms with E-state index in [0.717, 1.165) is 6.42 Å². The maximum Gasteiger partial charge on any atom is 0.300 e. The first-order valence-electron chi connectivity index (χ1n) is 3.68. The second-order valence-corrected chi connectivity index (χ2v) is 2.45. The minimum Gasteiger partial charge on any atom is -0.373 e. The molecule has 3 radical (unpaired) electrons. The van der Waals surface area contributed by atoms with Gasteiger partial charge in [0.15, 0.2) is 0 Å². The van der Waals surface area contributed by atoms with Crippen LogP contribution in [0.15, 0.2) is 0 Å². The van der Waals surface area contributed by atoms with Crippen LogP contribution in [0.2, 0.25) is 0 Å². The standard InChI is InChI=1S/C7H15O4Si/c1-5-6(8-2)7(9-3,10-4)11-12/h6H,5H2,1-4H3. The Hall–Kier alpha value is 0.0569. The van der Waals surface area contributed by atoms with Crippen LogP contribution < -0.4 is 0 Å². The van der Waals surface area contributed by atoms with Crippen LogP contribution in [0.3, 0.4) is 0 Å². The van der Waals surface area contributed by atoms with E-state index in [1.54, 1.807) is 7.11 Å². The fourth-order valence-electron chi connectivity index (χ4n) is 1.06. The van der Waals surface area contributed by atoms with E-state index in [2.05, 4.69) is 10.5 Å². The minimum atomic E-state index is -1.17. The molecule has 0 N–H and O–H groups in total. The number of ether oxygens (including phenoxy) is 3. The summed E-state index contributed by atoms with van der Waals surface area (Å²) in [5.41, 5.74) is 0. The Morgan fingerprint density at radius 3 is 1.83 bits per heavy atom. The molecular weight excluding hydrogens is 176 g/mol. The van der Waals surface area contributed by atoms with Gasteiger partial charge >= 0.3 is 0 Å². The van der Waals surface area contributed by atoms with Gasteiger partial charge in [0.05, 0.1) is 0 Å². The number of methoxy groups -OCH3 is 3. The molecule has 71 valence electrons. The fraction of sp³-hybridized carbons (Fsp3) is 1.00. The Morgan fingerprint density at radius 2 is 1.75 bits per heavy atom. The zero-order valence-corrected chi connectivity index (χ0v) is 8.92. The monoisotopic (exact) mass is 191 g/mol. The molecule has 0 amide bonds. The van der Waals surface area contributed by atoms with Crippen molar-refractivity contribution in [3.63, 3.8) is 0 Å². The zero-order valence-electron chi connectivity index (χ0n) is 7.92. The molecule has 0 aromatic carbocycles. The molecule has 0 rings (SSSR count). The first kappa shape index (κ1) is 12.1. The summed E-state index contributed by atoms with van der Waals surface area (Å²) in [6, 6.07) is 0. The van der Waals surface area contributed by atoms with Gasteiger partial charge in [-0.25, -0.2) is 0 Å². The molecule has 0 fully saturated rings. The van der Waals surface area contributed by atoms with Crippen LogP contribution >= 0.6 is 0 Å². The lowest BCUT2D eigenvalue weighted by Crippen LogP contribution is -2.48. The van der Waals surface area contributed by atoms with Gasteiger partial charge in [-0.2, -0.15) is 0 Å². The summed E-state index contributed by atoms with van der Waals surface area (Å²) in [6.07, 6.45) is 0.452. The lowest BCUT2D eigenvalue weighted by molar-refractivity contribution is -0.365. The molecule has 12 heavy (non-hydrogen) atoms. The van der Waals surface area contributed by atoms with E-state index < -0.39 is 5.97 Å². The Morgan fingerprint density at radius 1 is 1.25 bits per heavy atom. The van der Waals surface area contributed by atoms with Crippen molar-refractivity contribution in [1.29, 1.82) is 0 Å². The molecule has 0 aromatic heterocycles. The average Bonchev–Trinajstić information content (AvgIpc) is 2.14. The van der Waals surface area contributed by atoms with Gasteiger partial charge in [0.25, 0.3) is 16.5 Å². The van der Waals surface area contributed by atoms with E-state index >= 15 is 0 Å². The van der Waals surface area contributed by atoms with Gasteiger partial charge in [0.1, 0.15) is 6.10 Å². The highest BCUT2D eigenvalue weighted by Gasteiger charge is 2.38. The molecule has 0 saturated heterocycles. The van der Waals surface area contributed by atoms with Crippen molar-refractivity contribution in [1.82, 2.24) is 0 Å². The quantitative estimate of drug-likeness (QED) is 0.451. The lowest BCUT2D eigenvalue weighted by Gasteiger charge is -2.34. The van der Waals surface area contributed by atoms with Crippen LogP contribution in [0.5, 0.6) is 0 Å². The molecule has 0 saturated carbocycles. The molecule has 0 aliphatic carbocycles. The van der Waals surface area contributed by atoms with Gasteiger partial charge in [-0.05, 0) is 6.42 Å². The normalized spacial score (nSPS) is 14.8. The highest BCUT2D eigenvalue weighted by molar-refractivity contribution is 5.98. The number of hydrogen-bond acceptors (Lipinski definition) is 4. The predicted octanol–water partition coefficient (Wildman–Crippen LogP) is 0.458. The van der Waals surface area contributed by atoms with E-state index in [1.165, 1.54) is 14.2 Å². The molecule has 5 heteroatoms. The second kappa shape index (κ2) is 5.66. The Bertz CT molecular complexity index is 104. The predicted molar refractivity (Wildman–Crippen MR) is 44.7 cm³/mol. The molecule has 0 aliphatic rings. The summed E-state index contributed by atoms with van der Waals surface area (Å²) in [7, 11) is 7.45. The topological polar surface area (TPSA) is 36.9 Å². The van der Waals surface area contributed by atoms with E-state index in [4.69, 9.17) is 18.6 Å². The Kier molecular flexibility index (Phi) is 5.69. The van der Waals surface area contributed by atoms with E-state index in [-0.39, 0.29) is 6.10 Å². The first-order chi connectivity index (χ1) is 5.70. The fourth-order valence-corrected chi connectivity index (χ4v) is 1.35. The van der Waals surface area contributed by atoms with Crippen LogP contribution in [0, 0.1) is 0 Å². The second-order valence-electron chi connectivity index (χ2n) is 2.25. The third-order valence-corrected chi connectivity index (χ3v) is 2.05. The molecule has 4 nitrogen and oxygen atoms in total. The van der Waals surface area contributed by atoms with Gasteiger partial charge in [-0.1, -0.05) is 6.92 Å². The Labute approximate surface area is 76.7 Å². The highest BCUT2D eigenvalue weighted by atomic mass is 28.2. The van der Waals surface area contributed by atoms with Crippen molar-refractivity contribution in [2.75, 3.05) is 21.3 Å². The summed E-state index contributed by atoms with van der Waals surface area (Å²) in [5, 5.41) is 0. The minimum absolute atomic E-state index is 0.273. The molecule has 0 aromatic rings. The van der Waals surface area contributed by atoms with Crippen LogP contribution in [0.1, 0.15) is 13.3 Å². The SMILES string of the molecule is CCC(OC)C(OC)(OC)O[Si]. The van der Waals surface area contributed by atoms with Crippen molar-refractivity contribution >= 4 is 10.5 Å². The van der Waals surface area contributed by atoms with Crippen LogP contribution in [-0.2, 0) is 18.6 Å². The van der Waals surface area contributed by atoms with Crippen LogP contribution in [0.25, 0.3) is 0 Å². The smallest absolute Gasteiger partial charge is 0.300 e. The molecular formula is C7H15O4Si. The van der Waals surface area contributed by atoms with Gasteiger partial charge in [0, 0.05) is 21.3 Å². The summed E-state index contributed by atoms with van der Waals surface area (Å²) >= 11 is 0. The molecule has 0 aliphatic heterocycles. The summed E-state index contributed by atoms with van der Waals surface area (Å²) in [4.78, 5) is 0. The summed E-state index contributed by atoms with van der Waals surface area (Å²) < 4.78 is 20.2. The number of rotatable bonds is 6. The average molecular weight is 191 g/mol. The largest absolute Gasteiger partial charge is 0.373 e. The lowest BCUT2D eigenvalue weighted by atomic mass is 10.2. The van der Waals surface area contributed by atoms with Gasteiger partial charge in [-0.15, -0.1) is 0 Å². The molecule has 1 atom stereocenters. The number of hydrogen-bond donors (Lipinski definition) is 0. The highest BCUT2D eigenvalue weighted by Crippen LogP contribution is 2.21. The van der Waals surface area contributed by atoms with Crippen LogP contribution in [0.4, 0.5) is 0 Å². The van der Waals surface area contributed by atoms with Crippen LogP contribution in [-0.4, -0.2) is 43.9 Å². The third kappa shape index (κ3) is 2.27. The van der Waals surface area contributed by atoms with Gasteiger partial charge in [0.2, 0.25) is 0 Å². The van der Waals surface area contributed by atoms with E-state index in [0.29, 0.717) is 0 Å². The van der Waals surface area contributed by atoms with Gasteiger partial charge in [-0.3, -0.25) is 0 Å². The van der Waals surface area contributed by atoms with Crippen molar-refractivity contribution in [2.45, 2.75) is 25.4 Å². The summed E-state index contributed by atoms with van der Waals surface area (Å²) in [5.74, 6) is -1.17. The molecule has 1 unspecified atom stereocenters. The van der Waals surface area contributed by atoms with Crippen molar-refractivity contribution in [3.8, 4) is 0 Å². The van der Waals surface area contributed by atoms with Gasteiger partial charge < -0.3 is 18.6 Å². The first-order valence-corrected chi connectivity index (χ1v) is 4.09. The molecule has 0 spiro atoms. The van der Waals surface area contributed by atoms with E-state index in [9.17, 15) is 0 Å². The maximum atomic E-state index is 5.13. The van der Waals surface area contributed by atoms with E-state index in [1.807, 2.05) is 6.92 Å². The molecule has 0 heterocycles.